The molecule has 1 N–H and O–H groups in total. The Balaban J connectivity index is 1.57. The second-order valence-corrected chi connectivity index (χ2v) is 6.75. The molecule has 2 aliphatic heterocycles. The Hall–Kier alpha value is -1.65. The van der Waals surface area contributed by atoms with Crippen molar-refractivity contribution in [3.05, 3.63) is 53.9 Å². The van der Waals surface area contributed by atoms with Crippen LogP contribution in [0.5, 0.6) is 0 Å². The first-order valence-corrected chi connectivity index (χ1v) is 8.16. The Bertz CT molecular complexity index is 597. The highest BCUT2D eigenvalue weighted by atomic mass is 16.5. The normalized spacial score (nSPS) is 32.0. The first-order chi connectivity index (χ1) is 10.7. The van der Waals surface area contributed by atoms with Crippen LogP contribution >= 0.6 is 0 Å². The fraction of sp³-hybridized carbons (Fsp3) is 0.500. The average molecular weight is 298 g/mol. The van der Waals surface area contributed by atoms with Crippen LogP contribution < -0.4 is 0 Å². The van der Waals surface area contributed by atoms with E-state index in [1.165, 1.54) is 12.0 Å². The third-order valence-corrected chi connectivity index (χ3v) is 5.34. The van der Waals surface area contributed by atoms with Crippen molar-refractivity contribution in [3.63, 3.8) is 0 Å². The van der Waals surface area contributed by atoms with Gasteiger partial charge in [-0.05, 0) is 31.2 Å². The predicted molar refractivity (Wildman–Crippen MR) is 83.0 cm³/mol. The van der Waals surface area contributed by atoms with E-state index in [-0.39, 0.29) is 0 Å². The van der Waals surface area contributed by atoms with Gasteiger partial charge in [0, 0.05) is 24.2 Å². The molecule has 3 heterocycles. The predicted octanol–water partition coefficient (Wildman–Crippen LogP) is 3.08. The molecule has 4 rings (SSSR count). The van der Waals surface area contributed by atoms with Crippen molar-refractivity contribution in [1.82, 2.24) is 10.1 Å². The molecular weight excluding hydrogens is 276 g/mol. The molecule has 2 aliphatic rings. The topological polar surface area (TPSA) is 49.5 Å². The summed E-state index contributed by atoms with van der Waals surface area (Å²) in [5.41, 5.74) is 1.42. The minimum absolute atomic E-state index is 0.438. The Morgan fingerprint density at radius 2 is 1.91 bits per heavy atom. The summed E-state index contributed by atoms with van der Waals surface area (Å²) in [6.07, 6.45) is 8.41. The van der Waals surface area contributed by atoms with Crippen LogP contribution in [0.3, 0.4) is 0 Å². The van der Waals surface area contributed by atoms with Gasteiger partial charge in [0.05, 0.1) is 11.8 Å². The van der Waals surface area contributed by atoms with Gasteiger partial charge < -0.3 is 9.63 Å². The maximum absolute atomic E-state index is 11.1. The zero-order valence-corrected chi connectivity index (χ0v) is 12.7. The average Bonchev–Trinajstić information content (AvgIpc) is 3.05. The molecule has 2 bridgehead atoms. The van der Waals surface area contributed by atoms with E-state index in [1.807, 2.05) is 0 Å². The quantitative estimate of drug-likeness (QED) is 0.946. The lowest BCUT2D eigenvalue weighted by atomic mass is 9.73. The standard InChI is InChI=1S/C18H22N2O2/c21-18(15-11-19-22-13-15)9-16-7-4-8-17(10-18)20(16)12-14-5-2-1-3-6-14/h1-3,5-6,11,13,16-17,21H,4,7-10,12H2. The summed E-state index contributed by atoms with van der Waals surface area (Å²) in [5.74, 6) is 0. The summed E-state index contributed by atoms with van der Waals surface area (Å²) in [6.45, 7) is 0.982. The van der Waals surface area contributed by atoms with Crippen LogP contribution in [0.25, 0.3) is 0 Å². The van der Waals surface area contributed by atoms with Gasteiger partial charge in [-0.2, -0.15) is 0 Å². The second kappa shape index (κ2) is 5.52. The van der Waals surface area contributed by atoms with E-state index in [2.05, 4.69) is 40.4 Å². The van der Waals surface area contributed by atoms with E-state index in [9.17, 15) is 5.11 Å². The van der Waals surface area contributed by atoms with Gasteiger partial charge in [0.15, 0.2) is 0 Å². The van der Waals surface area contributed by atoms with Crippen molar-refractivity contribution in [1.29, 1.82) is 0 Å². The number of piperidine rings is 2. The van der Waals surface area contributed by atoms with Crippen LogP contribution in [0, 0.1) is 0 Å². The van der Waals surface area contributed by atoms with E-state index >= 15 is 0 Å². The molecule has 2 unspecified atom stereocenters. The lowest BCUT2D eigenvalue weighted by Crippen LogP contribution is -2.56. The molecule has 0 spiro atoms. The number of hydrogen-bond acceptors (Lipinski definition) is 4. The van der Waals surface area contributed by atoms with E-state index in [0.29, 0.717) is 12.1 Å². The Morgan fingerprint density at radius 1 is 1.18 bits per heavy atom. The molecule has 4 heteroatoms. The molecule has 2 saturated heterocycles. The fourth-order valence-corrected chi connectivity index (χ4v) is 4.24. The highest BCUT2D eigenvalue weighted by molar-refractivity contribution is 5.19. The van der Waals surface area contributed by atoms with Gasteiger partial charge >= 0.3 is 0 Å². The van der Waals surface area contributed by atoms with Gasteiger partial charge in [0.1, 0.15) is 6.26 Å². The summed E-state index contributed by atoms with van der Waals surface area (Å²) in [7, 11) is 0. The third-order valence-electron chi connectivity index (χ3n) is 5.34. The molecule has 22 heavy (non-hydrogen) atoms. The molecule has 4 nitrogen and oxygen atoms in total. The summed E-state index contributed by atoms with van der Waals surface area (Å²) in [5, 5.41) is 14.9. The minimum atomic E-state index is -0.775. The summed E-state index contributed by atoms with van der Waals surface area (Å²) >= 11 is 0. The van der Waals surface area contributed by atoms with Crippen LogP contribution in [0.1, 0.15) is 43.2 Å². The number of aromatic nitrogens is 1. The zero-order chi connectivity index (χ0) is 15.0. The summed E-state index contributed by atoms with van der Waals surface area (Å²) in [6, 6.07) is 11.5. The Kier molecular flexibility index (Phi) is 3.51. The van der Waals surface area contributed by atoms with Crippen LogP contribution in [0.15, 0.2) is 47.3 Å². The molecule has 2 fully saturated rings. The maximum atomic E-state index is 11.1. The molecule has 0 radical (unpaired) electrons. The number of aliphatic hydroxyl groups is 1. The van der Waals surface area contributed by atoms with Crippen LogP contribution in [0.4, 0.5) is 0 Å². The third kappa shape index (κ3) is 2.46. The van der Waals surface area contributed by atoms with Crippen molar-refractivity contribution in [2.75, 3.05) is 0 Å². The van der Waals surface area contributed by atoms with Crippen molar-refractivity contribution in [2.24, 2.45) is 0 Å². The van der Waals surface area contributed by atoms with Gasteiger partial charge in [-0.1, -0.05) is 41.9 Å². The Labute approximate surface area is 130 Å². The van der Waals surface area contributed by atoms with Gasteiger partial charge in [-0.15, -0.1) is 0 Å². The van der Waals surface area contributed by atoms with Crippen LogP contribution in [-0.4, -0.2) is 27.2 Å². The van der Waals surface area contributed by atoms with E-state index in [1.54, 1.807) is 12.5 Å². The van der Waals surface area contributed by atoms with Crippen LogP contribution in [-0.2, 0) is 12.1 Å². The zero-order valence-electron chi connectivity index (χ0n) is 12.7. The number of nitrogens with zero attached hydrogens (tertiary/aromatic N) is 2. The molecule has 2 aromatic rings. The van der Waals surface area contributed by atoms with Gasteiger partial charge in [0.25, 0.3) is 0 Å². The minimum Gasteiger partial charge on any atom is -0.385 e. The largest absolute Gasteiger partial charge is 0.385 e. The summed E-state index contributed by atoms with van der Waals surface area (Å²) in [4.78, 5) is 2.60. The maximum Gasteiger partial charge on any atom is 0.129 e. The molecule has 0 aliphatic carbocycles. The van der Waals surface area contributed by atoms with Gasteiger partial charge in [0.2, 0.25) is 0 Å². The molecule has 116 valence electrons. The molecule has 1 aromatic heterocycles. The van der Waals surface area contributed by atoms with Crippen molar-refractivity contribution in [3.8, 4) is 0 Å². The van der Waals surface area contributed by atoms with Gasteiger partial charge in [-0.3, -0.25) is 4.90 Å². The number of rotatable bonds is 3. The molecule has 0 saturated carbocycles. The van der Waals surface area contributed by atoms with Crippen molar-refractivity contribution in [2.45, 2.75) is 56.3 Å². The fourth-order valence-electron chi connectivity index (χ4n) is 4.24. The van der Waals surface area contributed by atoms with Crippen LogP contribution in [0.2, 0.25) is 0 Å². The molecule has 0 amide bonds. The lowest BCUT2D eigenvalue weighted by Gasteiger charge is -2.52. The summed E-state index contributed by atoms with van der Waals surface area (Å²) < 4.78 is 4.95. The first kappa shape index (κ1) is 14.0. The van der Waals surface area contributed by atoms with Gasteiger partial charge in [-0.25, -0.2) is 0 Å². The number of hydrogen-bond donors (Lipinski definition) is 1. The van der Waals surface area contributed by atoms with Crippen molar-refractivity contribution < 1.29 is 9.63 Å². The van der Waals surface area contributed by atoms with E-state index < -0.39 is 5.60 Å². The SMILES string of the molecule is OC1(c2cnoc2)CC2CCCC(C1)N2Cc1ccccc1. The van der Waals surface area contributed by atoms with E-state index in [0.717, 1.165) is 37.8 Å². The monoisotopic (exact) mass is 298 g/mol. The van der Waals surface area contributed by atoms with Crippen molar-refractivity contribution >= 4 is 0 Å². The molecule has 1 aromatic carbocycles. The van der Waals surface area contributed by atoms with E-state index in [4.69, 9.17) is 4.52 Å². The number of fused-ring (bicyclic) bond motifs is 2. The number of benzene rings is 1. The lowest BCUT2D eigenvalue weighted by molar-refractivity contribution is -0.100. The smallest absolute Gasteiger partial charge is 0.129 e. The highest BCUT2D eigenvalue weighted by Gasteiger charge is 2.46. The molecule has 2 atom stereocenters. The Morgan fingerprint density at radius 3 is 2.55 bits per heavy atom. The first-order valence-electron chi connectivity index (χ1n) is 8.16. The highest BCUT2D eigenvalue weighted by Crippen LogP contribution is 2.44. The molecular formula is C18H22N2O2. The second-order valence-electron chi connectivity index (χ2n) is 6.75.